The van der Waals surface area contributed by atoms with Crippen molar-refractivity contribution in [3.63, 3.8) is 0 Å². The molecule has 156 valence electrons. The molecule has 2 aromatic rings. The van der Waals surface area contributed by atoms with Crippen molar-refractivity contribution in [3.05, 3.63) is 52.5 Å². The Morgan fingerprint density at radius 3 is 2.62 bits per heavy atom. The van der Waals surface area contributed by atoms with Gasteiger partial charge in [0.25, 0.3) is 15.9 Å². The molecule has 0 aliphatic carbocycles. The van der Waals surface area contributed by atoms with Gasteiger partial charge in [-0.15, -0.1) is 0 Å². The molecular weight excluding hydrogens is 460 g/mol. The number of carbonyl (C=O) groups excluding carboxylic acids is 1. The smallest absolute Gasteiger partial charge is 0.265 e. The molecule has 1 atom stereocenters. The number of benzene rings is 2. The number of nitrogens with one attached hydrogen (secondary N) is 1. The highest BCUT2D eigenvalue weighted by molar-refractivity contribution is 9.10. The van der Waals surface area contributed by atoms with Crippen molar-refractivity contribution in [3.8, 4) is 5.75 Å². The number of ether oxygens (including phenoxy) is 2. The highest BCUT2D eigenvalue weighted by Gasteiger charge is 2.25. The molecule has 0 aromatic heterocycles. The lowest BCUT2D eigenvalue weighted by molar-refractivity contribution is 0.0587. The minimum atomic E-state index is -3.96. The molecule has 1 fully saturated rings. The van der Waals surface area contributed by atoms with Crippen LogP contribution in [0.25, 0.3) is 0 Å². The predicted octanol–water partition coefficient (Wildman–Crippen LogP) is 3.51. The summed E-state index contributed by atoms with van der Waals surface area (Å²) in [4.78, 5) is 14.3. The molecule has 1 amide bonds. The SMILES string of the molecule is COc1ccc(C(=O)N(C)CC2CCCO2)cc1S(=O)(=O)Nc1ccc(Br)cc1. The maximum atomic E-state index is 12.9. The molecular formula is C20H23BrN2O5S. The fraction of sp³-hybridized carbons (Fsp3) is 0.350. The first-order valence-electron chi connectivity index (χ1n) is 9.13. The third-order valence-corrected chi connectivity index (χ3v) is 6.58. The molecule has 0 saturated carbocycles. The Morgan fingerprint density at radius 1 is 1.28 bits per heavy atom. The van der Waals surface area contributed by atoms with Gasteiger partial charge < -0.3 is 14.4 Å². The molecule has 1 aliphatic rings. The van der Waals surface area contributed by atoms with Crippen molar-refractivity contribution in [1.29, 1.82) is 0 Å². The summed E-state index contributed by atoms with van der Waals surface area (Å²) in [6, 6.07) is 11.1. The average Bonchev–Trinajstić information content (AvgIpc) is 3.21. The van der Waals surface area contributed by atoms with Crippen molar-refractivity contribution < 1.29 is 22.7 Å². The highest BCUT2D eigenvalue weighted by Crippen LogP contribution is 2.28. The number of amides is 1. The van der Waals surface area contributed by atoms with Crippen molar-refractivity contribution in [2.75, 3.05) is 32.0 Å². The Hall–Kier alpha value is -2.10. The van der Waals surface area contributed by atoms with Crippen molar-refractivity contribution >= 4 is 37.5 Å². The van der Waals surface area contributed by atoms with Gasteiger partial charge in [0, 0.05) is 35.9 Å². The number of hydrogen-bond donors (Lipinski definition) is 1. The van der Waals surface area contributed by atoms with E-state index in [1.54, 1.807) is 42.3 Å². The van der Waals surface area contributed by atoms with E-state index in [4.69, 9.17) is 9.47 Å². The molecule has 1 aliphatic heterocycles. The maximum absolute atomic E-state index is 12.9. The first-order valence-corrected chi connectivity index (χ1v) is 11.4. The Labute approximate surface area is 179 Å². The first-order chi connectivity index (χ1) is 13.8. The number of sulfonamides is 1. The number of carbonyl (C=O) groups is 1. The summed E-state index contributed by atoms with van der Waals surface area (Å²) in [5.74, 6) is -0.115. The second kappa shape index (κ2) is 9.15. The summed E-state index contributed by atoms with van der Waals surface area (Å²) < 4.78 is 40.0. The molecule has 1 N–H and O–H groups in total. The summed E-state index contributed by atoms with van der Waals surface area (Å²) in [7, 11) is -0.888. The van der Waals surface area contributed by atoms with Gasteiger partial charge in [-0.3, -0.25) is 9.52 Å². The van der Waals surface area contributed by atoms with Crippen LogP contribution in [0.2, 0.25) is 0 Å². The molecule has 0 radical (unpaired) electrons. The zero-order chi connectivity index (χ0) is 21.0. The summed E-state index contributed by atoms with van der Waals surface area (Å²) in [6.45, 7) is 1.17. The predicted molar refractivity (Wildman–Crippen MR) is 114 cm³/mol. The highest BCUT2D eigenvalue weighted by atomic mass is 79.9. The zero-order valence-electron chi connectivity index (χ0n) is 16.2. The third kappa shape index (κ3) is 5.29. The van der Waals surface area contributed by atoms with E-state index in [-0.39, 0.29) is 28.2 Å². The lowest BCUT2D eigenvalue weighted by Gasteiger charge is -2.21. The van der Waals surface area contributed by atoms with Crippen LogP contribution in [0, 0.1) is 0 Å². The molecule has 3 rings (SSSR count). The van der Waals surface area contributed by atoms with Crippen LogP contribution in [0.4, 0.5) is 5.69 Å². The fourth-order valence-electron chi connectivity index (χ4n) is 3.14. The number of nitrogens with zero attached hydrogens (tertiary/aromatic N) is 1. The van der Waals surface area contributed by atoms with Crippen LogP contribution in [0.15, 0.2) is 51.8 Å². The summed E-state index contributed by atoms with van der Waals surface area (Å²) >= 11 is 3.31. The van der Waals surface area contributed by atoms with E-state index in [1.165, 1.54) is 19.2 Å². The molecule has 0 bridgehead atoms. The second-order valence-electron chi connectivity index (χ2n) is 6.80. The number of halogens is 1. The van der Waals surface area contributed by atoms with Crippen molar-refractivity contribution in [1.82, 2.24) is 4.90 Å². The van der Waals surface area contributed by atoms with Gasteiger partial charge in [-0.2, -0.15) is 0 Å². The molecule has 1 saturated heterocycles. The van der Waals surface area contributed by atoms with Crippen LogP contribution in [0.1, 0.15) is 23.2 Å². The average molecular weight is 483 g/mol. The Morgan fingerprint density at radius 2 is 2.00 bits per heavy atom. The van der Waals surface area contributed by atoms with Crippen LogP contribution >= 0.6 is 15.9 Å². The lowest BCUT2D eigenvalue weighted by Crippen LogP contribution is -2.34. The summed E-state index contributed by atoms with van der Waals surface area (Å²) in [6.07, 6.45) is 1.92. The minimum Gasteiger partial charge on any atom is -0.495 e. The van der Waals surface area contributed by atoms with Gasteiger partial charge in [-0.1, -0.05) is 15.9 Å². The first kappa shape index (κ1) is 21.6. The second-order valence-corrected chi connectivity index (χ2v) is 9.37. The Balaban J connectivity index is 1.85. The lowest BCUT2D eigenvalue weighted by atomic mass is 10.1. The van der Waals surface area contributed by atoms with Gasteiger partial charge in [0.1, 0.15) is 10.6 Å². The molecule has 1 heterocycles. The summed E-state index contributed by atoms with van der Waals surface area (Å²) in [5, 5.41) is 0. The Bertz CT molecular complexity index is 973. The number of methoxy groups -OCH3 is 1. The molecule has 9 heteroatoms. The molecule has 29 heavy (non-hydrogen) atoms. The topological polar surface area (TPSA) is 84.9 Å². The van der Waals surface area contributed by atoms with Gasteiger partial charge >= 0.3 is 0 Å². The van der Waals surface area contributed by atoms with Gasteiger partial charge in [0.15, 0.2) is 0 Å². The monoisotopic (exact) mass is 482 g/mol. The van der Waals surface area contributed by atoms with Crippen LogP contribution in [0.5, 0.6) is 5.75 Å². The van der Waals surface area contributed by atoms with Gasteiger partial charge in [0.2, 0.25) is 0 Å². The van der Waals surface area contributed by atoms with Crippen LogP contribution < -0.4 is 9.46 Å². The third-order valence-electron chi connectivity index (χ3n) is 4.64. The van der Waals surface area contributed by atoms with Crippen LogP contribution in [-0.4, -0.2) is 52.6 Å². The molecule has 7 nitrogen and oxygen atoms in total. The number of anilines is 1. The number of likely N-dealkylation sites (N-methyl/N-ethyl adjacent to an activating group) is 1. The quantitative estimate of drug-likeness (QED) is 0.652. The van der Waals surface area contributed by atoms with E-state index in [0.717, 1.165) is 17.3 Å². The summed E-state index contributed by atoms with van der Waals surface area (Å²) in [5.41, 5.74) is 0.671. The van der Waals surface area contributed by atoms with E-state index < -0.39 is 10.0 Å². The Kier molecular flexibility index (Phi) is 6.81. The van der Waals surface area contributed by atoms with E-state index in [0.29, 0.717) is 18.8 Å². The largest absolute Gasteiger partial charge is 0.495 e. The van der Waals surface area contributed by atoms with Gasteiger partial charge in [0.05, 0.1) is 13.2 Å². The molecule has 2 aromatic carbocycles. The van der Waals surface area contributed by atoms with E-state index in [1.807, 2.05) is 0 Å². The van der Waals surface area contributed by atoms with Gasteiger partial charge in [-0.25, -0.2) is 8.42 Å². The van der Waals surface area contributed by atoms with Crippen LogP contribution in [0.3, 0.4) is 0 Å². The van der Waals surface area contributed by atoms with Crippen LogP contribution in [-0.2, 0) is 14.8 Å². The van der Waals surface area contributed by atoms with E-state index >= 15 is 0 Å². The fourth-order valence-corrected chi connectivity index (χ4v) is 4.66. The number of hydrogen-bond acceptors (Lipinski definition) is 5. The molecule has 1 unspecified atom stereocenters. The normalized spacial score (nSPS) is 16.4. The van der Waals surface area contributed by atoms with Gasteiger partial charge in [-0.05, 0) is 55.3 Å². The standard InChI is InChI=1S/C20H23BrN2O5S/c1-23(13-17-4-3-11-28-17)20(24)14-5-10-18(27-2)19(12-14)29(25,26)22-16-8-6-15(21)7-9-16/h5-10,12,17,22H,3-4,11,13H2,1-2H3. The number of rotatable bonds is 7. The van der Waals surface area contributed by atoms with E-state index in [2.05, 4.69) is 20.7 Å². The zero-order valence-corrected chi connectivity index (χ0v) is 18.6. The van der Waals surface area contributed by atoms with Crippen molar-refractivity contribution in [2.45, 2.75) is 23.8 Å². The van der Waals surface area contributed by atoms with Crippen molar-refractivity contribution in [2.24, 2.45) is 0 Å². The van der Waals surface area contributed by atoms with E-state index in [9.17, 15) is 13.2 Å². The maximum Gasteiger partial charge on any atom is 0.265 e. The minimum absolute atomic E-state index is 0.0180. The molecule has 0 spiro atoms.